The van der Waals surface area contributed by atoms with Crippen molar-refractivity contribution in [1.29, 1.82) is 0 Å². The molecule has 5 atom stereocenters. The highest BCUT2D eigenvalue weighted by Gasteiger charge is 2.51. The first-order chi connectivity index (χ1) is 6.59. The van der Waals surface area contributed by atoms with Crippen LogP contribution in [0.4, 0.5) is 0 Å². The van der Waals surface area contributed by atoms with Gasteiger partial charge in [-0.1, -0.05) is 20.3 Å². The lowest BCUT2D eigenvalue weighted by atomic mass is 9.64. The van der Waals surface area contributed by atoms with Crippen molar-refractivity contribution in [3.8, 4) is 0 Å². The van der Waals surface area contributed by atoms with E-state index in [1.807, 2.05) is 0 Å². The van der Waals surface area contributed by atoms with Crippen LogP contribution in [0.25, 0.3) is 0 Å². The zero-order valence-corrected chi connectivity index (χ0v) is 9.24. The molecule has 0 aliphatic heterocycles. The lowest BCUT2D eigenvalue weighted by molar-refractivity contribution is -0.135. The molecule has 0 spiro atoms. The Kier molecular flexibility index (Phi) is 2.61. The monoisotopic (exact) mass is 198 g/mol. The van der Waals surface area contributed by atoms with Crippen LogP contribution in [0.15, 0.2) is 0 Å². The van der Waals surface area contributed by atoms with Crippen LogP contribution in [-0.2, 0) is 0 Å². The molecule has 82 valence electrons. The Morgan fingerprint density at radius 1 is 1.14 bits per heavy atom. The molecule has 2 saturated carbocycles. The fourth-order valence-electron chi connectivity index (χ4n) is 3.70. The van der Waals surface area contributed by atoms with Crippen molar-refractivity contribution in [3.05, 3.63) is 0 Å². The van der Waals surface area contributed by atoms with Crippen LogP contribution in [0, 0.1) is 23.7 Å². The molecule has 0 heterocycles. The van der Waals surface area contributed by atoms with Crippen LogP contribution in [0.3, 0.4) is 0 Å². The third kappa shape index (κ3) is 1.31. The zero-order chi connectivity index (χ0) is 10.3. The van der Waals surface area contributed by atoms with Crippen molar-refractivity contribution < 1.29 is 10.2 Å². The van der Waals surface area contributed by atoms with Gasteiger partial charge in [-0.3, -0.25) is 0 Å². The van der Waals surface area contributed by atoms with Gasteiger partial charge in [-0.15, -0.1) is 0 Å². The summed E-state index contributed by atoms with van der Waals surface area (Å²) in [6.07, 6.45) is 4.65. The summed E-state index contributed by atoms with van der Waals surface area (Å²) in [6, 6.07) is 0. The second kappa shape index (κ2) is 3.49. The third-order valence-electron chi connectivity index (χ3n) is 4.86. The van der Waals surface area contributed by atoms with Gasteiger partial charge in [0.15, 0.2) is 0 Å². The summed E-state index contributed by atoms with van der Waals surface area (Å²) < 4.78 is 0. The van der Waals surface area contributed by atoms with E-state index in [4.69, 9.17) is 0 Å². The first-order valence-electron chi connectivity index (χ1n) is 5.93. The molecule has 14 heavy (non-hydrogen) atoms. The quantitative estimate of drug-likeness (QED) is 0.674. The van der Waals surface area contributed by atoms with Crippen molar-refractivity contribution in [3.63, 3.8) is 0 Å². The molecule has 2 fully saturated rings. The van der Waals surface area contributed by atoms with Crippen LogP contribution < -0.4 is 0 Å². The van der Waals surface area contributed by atoms with E-state index < -0.39 is 5.60 Å². The molecule has 0 unspecified atom stereocenters. The molecule has 0 saturated heterocycles. The topological polar surface area (TPSA) is 40.5 Å². The molecule has 2 rings (SSSR count). The van der Waals surface area contributed by atoms with Gasteiger partial charge in [0.05, 0.1) is 12.2 Å². The average molecular weight is 198 g/mol. The standard InChI is InChI=1S/C12H22O2/c1-8-3-6-11-10(8)5-4-9(2)12(11,14)7-13/h8-11,13-14H,3-7H2,1-2H3/t8-,9+,10+,11-,12-/m0/s1. The summed E-state index contributed by atoms with van der Waals surface area (Å²) in [5.74, 6) is 2.01. The predicted octanol–water partition coefficient (Wildman–Crippen LogP) is 1.80. The average Bonchev–Trinajstić information content (AvgIpc) is 2.55. The summed E-state index contributed by atoms with van der Waals surface area (Å²) in [7, 11) is 0. The highest BCUT2D eigenvalue weighted by atomic mass is 16.3. The third-order valence-corrected chi connectivity index (χ3v) is 4.86. The van der Waals surface area contributed by atoms with Crippen molar-refractivity contribution in [1.82, 2.24) is 0 Å². The van der Waals surface area contributed by atoms with E-state index in [2.05, 4.69) is 13.8 Å². The van der Waals surface area contributed by atoms with E-state index >= 15 is 0 Å². The number of aliphatic hydroxyl groups excluding tert-OH is 1. The molecule has 0 aromatic heterocycles. The van der Waals surface area contributed by atoms with Crippen molar-refractivity contribution in [2.45, 2.75) is 45.1 Å². The van der Waals surface area contributed by atoms with Gasteiger partial charge in [-0.25, -0.2) is 0 Å². The molecule has 2 N–H and O–H groups in total. The normalized spacial score (nSPS) is 53.1. The fourth-order valence-corrected chi connectivity index (χ4v) is 3.70. The molecule has 2 aliphatic carbocycles. The van der Waals surface area contributed by atoms with Crippen LogP contribution in [0.5, 0.6) is 0 Å². The number of rotatable bonds is 1. The number of aliphatic hydroxyl groups is 2. The van der Waals surface area contributed by atoms with E-state index in [9.17, 15) is 10.2 Å². The lowest BCUT2D eigenvalue weighted by Crippen LogP contribution is -2.52. The van der Waals surface area contributed by atoms with Gasteiger partial charge in [-0.05, 0) is 42.9 Å². The van der Waals surface area contributed by atoms with Crippen LogP contribution >= 0.6 is 0 Å². The Bertz CT molecular complexity index is 216. The maximum atomic E-state index is 10.5. The molecule has 0 radical (unpaired) electrons. The first kappa shape index (κ1) is 10.4. The molecule has 0 bridgehead atoms. The van der Waals surface area contributed by atoms with E-state index in [0.29, 0.717) is 11.8 Å². The highest BCUT2D eigenvalue weighted by molar-refractivity contribution is 5.01. The predicted molar refractivity (Wildman–Crippen MR) is 55.8 cm³/mol. The molecular weight excluding hydrogens is 176 g/mol. The highest BCUT2D eigenvalue weighted by Crippen LogP contribution is 2.52. The van der Waals surface area contributed by atoms with Gasteiger partial charge in [0.25, 0.3) is 0 Å². The Balaban J connectivity index is 2.22. The van der Waals surface area contributed by atoms with E-state index in [1.54, 1.807) is 0 Å². The van der Waals surface area contributed by atoms with Crippen LogP contribution in [0.1, 0.15) is 39.5 Å². The van der Waals surface area contributed by atoms with Crippen LogP contribution in [0.2, 0.25) is 0 Å². The minimum absolute atomic E-state index is 0.0535. The van der Waals surface area contributed by atoms with Crippen LogP contribution in [-0.4, -0.2) is 22.4 Å². The molecule has 0 amide bonds. The van der Waals surface area contributed by atoms with E-state index in [0.717, 1.165) is 18.8 Å². The van der Waals surface area contributed by atoms with Gasteiger partial charge < -0.3 is 10.2 Å². The molecule has 2 aliphatic rings. The first-order valence-corrected chi connectivity index (χ1v) is 5.93. The molecule has 2 heteroatoms. The number of fused-ring (bicyclic) bond motifs is 1. The smallest absolute Gasteiger partial charge is 0.0933 e. The summed E-state index contributed by atoms with van der Waals surface area (Å²) >= 11 is 0. The second-order valence-corrected chi connectivity index (χ2v) is 5.45. The number of hydrogen-bond donors (Lipinski definition) is 2. The minimum Gasteiger partial charge on any atom is -0.393 e. The molecule has 2 nitrogen and oxygen atoms in total. The largest absolute Gasteiger partial charge is 0.393 e. The number of hydrogen-bond acceptors (Lipinski definition) is 2. The molecule has 0 aromatic rings. The lowest BCUT2D eigenvalue weighted by Gasteiger charge is -2.46. The SMILES string of the molecule is C[C@@H]1CC[C@@H]2[C@@H](C)CC[C@@H]2[C@]1(O)CO. The second-order valence-electron chi connectivity index (χ2n) is 5.45. The van der Waals surface area contributed by atoms with Gasteiger partial charge in [0.1, 0.15) is 0 Å². The molecule has 0 aromatic carbocycles. The molecular formula is C12H22O2. The van der Waals surface area contributed by atoms with E-state index in [-0.39, 0.29) is 12.5 Å². The maximum absolute atomic E-state index is 10.5. The summed E-state index contributed by atoms with van der Waals surface area (Å²) in [4.78, 5) is 0. The Hall–Kier alpha value is -0.0800. The Morgan fingerprint density at radius 2 is 1.86 bits per heavy atom. The minimum atomic E-state index is -0.784. The van der Waals surface area contributed by atoms with Gasteiger partial charge in [-0.2, -0.15) is 0 Å². The van der Waals surface area contributed by atoms with Crippen molar-refractivity contribution in [2.24, 2.45) is 23.7 Å². The maximum Gasteiger partial charge on any atom is 0.0933 e. The summed E-state index contributed by atoms with van der Waals surface area (Å²) in [5.41, 5.74) is -0.784. The van der Waals surface area contributed by atoms with Gasteiger partial charge in [0, 0.05) is 0 Å². The van der Waals surface area contributed by atoms with Gasteiger partial charge >= 0.3 is 0 Å². The van der Waals surface area contributed by atoms with Crippen molar-refractivity contribution in [2.75, 3.05) is 6.61 Å². The van der Waals surface area contributed by atoms with E-state index in [1.165, 1.54) is 12.8 Å². The fraction of sp³-hybridized carbons (Fsp3) is 1.00. The Labute approximate surface area is 86.3 Å². The summed E-state index contributed by atoms with van der Waals surface area (Å²) in [5, 5.41) is 19.9. The van der Waals surface area contributed by atoms with Gasteiger partial charge in [0.2, 0.25) is 0 Å². The van der Waals surface area contributed by atoms with Crippen molar-refractivity contribution >= 4 is 0 Å². The zero-order valence-electron chi connectivity index (χ0n) is 9.24. The Morgan fingerprint density at radius 3 is 2.50 bits per heavy atom. The summed E-state index contributed by atoms with van der Waals surface area (Å²) in [6.45, 7) is 4.32.